The molecule has 0 aliphatic heterocycles. The van der Waals surface area contributed by atoms with Gasteiger partial charge in [0.25, 0.3) is 0 Å². The van der Waals surface area contributed by atoms with Crippen molar-refractivity contribution in [1.29, 1.82) is 0 Å². The largest absolute Gasteiger partial charge is 0.315 e. The highest BCUT2D eigenvalue weighted by Gasteiger charge is 2.08. The van der Waals surface area contributed by atoms with Gasteiger partial charge in [-0.2, -0.15) is 10.6 Å². The molecule has 1 heterocycles. The summed E-state index contributed by atoms with van der Waals surface area (Å²) in [5, 5.41) is 16.3. The number of hydrogen-bond acceptors (Lipinski definition) is 4. The molecule has 5 N–H and O–H groups in total. The summed E-state index contributed by atoms with van der Waals surface area (Å²) in [6.45, 7) is 0. The fourth-order valence-corrected chi connectivity index (χ4v) is 1.33. The summed E-state index contributed by atoms with van der Waals surface area (Å²) < 4.78 is 0. The van der Waals surface area contributed by atoms with E-state index >= 15 is 0 Å². The van der Waals surface area contributed by atoms with Crippen molar-refractivity contribution in [3.63, 3.8) is 0 Å². The minimum Gasteiger partial charge on any atom is -0.315 e. The molecule has 0 bridgehead atoms. The van der Waals surface area contributed by atoms with Crippen molar-refractivity contribution in [2.45, 2.75) is 6.17 Å². The molecular weight excluding hydrogens is 168 g/mol. The molecule has 1 unspecified atom stereocenters. The molecule has 0 saturated carbocycles. The Labute approximate surface area is 74.5 Å². The van der Waals surface area contributed by atoms with E-state index < -0.39 is 6.17 Å². The number of rotatable bonds is 2. The van der Waals surface area contributed by atoms with Crippen LogP contribution in [0, 0.1) is 0 Å². The van der Waals surface area contributed by atoms with Gasteiger partial charge in [-0.15, -0.1) is 0 Å². The van der Waals surface area contributed by atoms with Crippen LogP contribution in [0.25, 0.3) is 10.9 Å². The number of benzene rings is 1. The van der Waals surface area contributed by atoms with Gasteiger partial charge in [0, 0.05) is 5.39 Å². The van der Waals surface area contributed by atoms with Crippen LogP contribution >= 0.6 is 0 Å². The Balaban J connectivity index is 2.60. The lowest BCUT2D eigenvalue weighted by Crippen LogP contribution is -2.25. The first-order valence-electron chi connectivity index (χ1n) is 3.90. The van der Waals surface area contributed by atoms with Crippen LogP contribution in [0.4, 0.5) is 0 Å². The van der Waals surface area contributed by atoms with Gasteiger partial charge in [0.2, 0.25) is 0 Å². The van der Waals surface area contributed by atoms with Crippen molar-refractivity contribution in [3.8, 4) is 0 Å². The molecule has 5 nitrogen and oxygen atoms in total. The summed E-state index contributed by atoms with van der Waals surface area (Å²) in [6, 6.07) is 5.59. The third-order valence-corrected chi connectivity index (χ3v) is 1.99. The Hall–Kier alpha value is -1.43. The molecule has 0 spiro atoms. The fourth-order valence-electron chi connectivity index (χ4n) is 1.33. The predicted octanol–water partition coefficient (Wildman–Crippen LogP) is 0.499. The monoisotopic (exact) mass is 178 g/mol. The minimum atomic E-state index is -0.582. The fraction of sp³-hybridized carbons (Fsp3) is 0.125. The average molecular weight is 178 g/mol. The minimum absolute atomic E-state index is 0.582. The van der Waals surface area contributed by atoms with Gasteiger partial charge in [-0.25, -0.2) is 0 Å². The molecule has 0 amide bonds. The molecule has 1 aromatic carbocycles. The topological polar surface area (TPSA) is 87.0 Å². The summed E-state index contributed by atoms with van der Waals surface area (Å²) in [6.07, 6.45) is 1.10. The maximum absolute atomic E-state index is 8.68. The van der Waals surface area contributed by atoms with Crippen LogP contribution in [-0.2, 0) is 0 Å². The smallest absolute Gasteiger partial charge is 0.105 e. The number of hydroxylamine groups is 1. The number of fused-ring (bicyclic) bond motifs is 1. The Morgan fingerprint density at radius 3 is 3.15 bits per heavy atom. The van der Waals surface area contributed by atoms with E-state index in [2.05, 4.69) is 10.2 Å². The zero-order valence-corrected chi connectivity index (χ0v) is 6.86. The lowest BCUT2D eigenvalue weighted by atomic mass is 10.1. The molecule has 1 aromatic heterocycles. The van der Waals surface area contributed by atoms with Gasteiger partial charge in [-0.3, -0.25) is 5.10 Å². The van der Waals surface area contributed by atoms with Gasteiger partial charge in [0.05, 0.1) is 11.7 Å². The molecular formula is C8H10N4O. The highest BCUT2D eigenvalue weighted by atomic mass is 16.5. The van der Waals surface area contributed by atoms with Crippen LogP contribution in [-0.4, -0.2) is 15.4 Å². The van der Waals surface area contributed by atoms with E-state index in [4.69, 9.17) is 10.9 Å². The number of aromatic amines is 1. The second-order valence-electron chi connectivity index (χ2n) is 2.79. The van der Waals surface area contributed by atoms with Crippen molar-refractivity contribution in [2.24, 2.45) is 5.73 Å². The Kier molecular flexibility index (Phi) is 1.97. The number of H-pyrrole nitrogens is 1. The van der Waals surface area contributed by atoms with E-state index in [0.29, 0.717) is 0 Å². The molecule has 68 valence electrons. The van der Waals surface area contributed by atoms with E-state index in [1.54, 1.807) is 6.20 Å². The average Bonchev–Trinajstić information content (AvgIpc) is 2.63. The Morgan fingerprint density at radius 1 is 1.54 bits per heavy atom. The first kappa shape index (κ1) is 8.18. The van der Waals surface area contributed by atoms with Gasteiger partial charge in [0.15, 0.2) is 0 Å². The number of nitrogens with one attached hydrogen (secondary N) is 2. The summed E-state index contributed by atoms with van der Waals surface area (Å²) in [7, 11) is 0. The van der Waals surface area contributed by atoms with Crippen molar-refractivity contribution >= 4 is 10.9 Å². The maximum Gasteiger partial charge on any atom is 0.105 e. The summed E-state index contributed by atoms with van der Waals surface area (Å²) in [5.74, 6) is 0. The molecule has 0 fully saturated rings. The van der Waals surface area contributed by atoms with Crippen LogP contribution in [0.1, 0.15) is 11.7 Å². The number of hydrogen-bond donors (Lipinski definition) is 4. The molecule has 0 radical (unpaired) electrons. The first-order valence-corrected chi connectivity index (χ1v) is 3.90. The van der Waals surface area contributed by atoms with Gasteiger partial charge in [-0.1, -0.05) is 12.1 Å². The molecule has 5 heteroatoms. The Bertz CT molecular complexity index is 411. The van der Waals surface area contributed by atoms with Crippen LogP contribution in [0.2, 0.25) is 0 Å². The summed E-state index contributed by atoms with van der Waals surface area (Å²) >= 11 is 0. The summed E-state index contributed by atoms with van der Waals surface area (Å²) in [5.41, 5.74) is 9.34. The third kappa shape index (κ3) is 1.29. The molecule has 2 rings (SSSR count). The standard InChI is InChI=1S/C8H10N4O/c9-8(12-13)5-2-1-3-7-6(5)4-10-11-7/h1-4,8,12-13H,9H2,(H,10,11). The third-order valence-electron chi connectivity index (χ3n) is 1.99. The summed E-state index contributed by atoms with van der Waals surface area (Å²) in [4.78, 5) is 0. The molecule has 0 aliphatic carbocycles. The highest BCUT2D eigenvalue weighted by molar-refractivity contribution is 5.81. The van der Waals surface area contributed by atoms with Crippen molar-refractivity contribution in [1.82, 2.24) is 15.7 Å². The van der Waals surface area contributed by atoms with Crippen molar-refractivity contribution in [3.05, 3.63) is 30.0 Å². The predicted molar refractivity (Wildman–Crippen MR) is 47.9 cm³/mol. The maximum atomic E-state index is 8.68. The quantitative estimate of drug-likeness (QED) is 0.398. The van der Waals surface area contributed by atoms with Crippen LogP contribution in [0.3, 0.4) is 0 Å². The van der Waals surface area contributed by atoms with Gasteiger partial charge >= 0.3 is 0 Å². The lowest BCUT2D eigenvalue weighted by molar-refractivity contribution is 0.129. The normalized spacial score (nSPS) is 13.4. The SMILES string of the molecule is NC(NO)c1cccc2[nH]ncc12. The Morgan fingerprint density at radius 2 is 2.38 bits per heavy atom. The van der Waals surface area contributed by atoms with E-state index in [9.17, 15) is 0 Å². The van der Waals surface area contributed by atoms with Crippen molar-refractivity contribution in [2.75, 3.05) is 0 Å². The first-order chi connectivity index (χ1) is 6.33. The van der Waals surface area contributed by atoms with Crippen LogP contribution < -0.4 is 11.2 Å². The number of aromatic nitrogens is 2. The van der Waals surface area contributed by atoms with Gasteiger partial charge < -0.3 is 10.9 Å². The second-order valence-corrected chi connectivity index (χ2v) is 2.79. The van der Waals surface area contributed by atoms with Crippen LogP contribution in [0.5, 0.6) is 0 Å². The number of nitrogens with two attached hydrogens (primary N) is 1. The second kappa shape index (κ2) is 3.14. The van der Waals surface area contributed by atoms with E-state index in [0.717, 1.165) is 16.5 Å². The molecule has 1 atom stereocenters. The van der Waals surface area contributed by atoms with E-state index in [1.165, 1.54) is 0 Å². The molecule has 0 saturated heterocycles. The molecule has 2 aromatic rings. The zero-order valence-electron chi connectivity index (χ0n) is 6.86. The molecule has 13 heavy (non-hydrogen) atoms. The van der Waals surface area contributed by atoms with E-state index in [1.807, 2.05) is 23.7 Å². The van der Waals surface area contributed by atoms with Crippen molar-refractivity contribution < 1.29 is 5.21 Å². The molecule has 0 aliphatic rings. The highest BCUT2D eigenvalue weighted by Crippen LogP contribution is 2.19. The van der Waals surface area contributed by atoms with Crippen LogP contribution in [0.15, 0.2) is 24.4 Å². The lowest BCUT2D eigenvalue weighted by Gasteiger charge is -2.09. The van der Waals surface area contributed by atoms with Gasteiger partial charge in [0.1, 0.15) is 6.17 Å². The van der Waals surface area contributed by atoms with Gasteiger partial charge in [-0.05, 0) is 11.6 Å². The van der Waals surface area contributed by atoms with E-state index in [-0.39, 0.29) is 0 Å². The number of nitrogens with zero attached hydrogens (tertiary/aromatic N) is 1. The zero-order chi connectivity index (χ0) is 9.26.